The van der Waals surface area contributed by atoms with Crippen molar-refractivity contribution in [1.29, 1.82) is 0 Å². The normalized spacial score (nSPS) is 12.8. The molecule has 0 atom stereocenters. The van der Waals surface area contributed by atoms with Crippen LogP contribution in [0, 0.1) is 0 Å². The first-order valence-electron chi connectivity index (χ1n) is 5.65. The molecule has 0 radical (unpaired) electrons. The third-order valence-corrected chi connectivity index (χ3v) is 3.40. The van der Waals surface area contributed by atoms with Crippen LogP contribution in [0.15, 0.2) is 11.8 Å². The molecule has 106 valence electrons. The number of ketones is 1. The van der Waals surface area contributed by atoms with Crippen LogP contribution in [0.1, 0.15) is 30.2 Å². The van der Waals surface area contributed by atoms with Gasteiger partial charge >= 0.3 is 6.18 Å². The van der Waals surface area contributed by atoms with Crippen LogP contribution in [0.4, 0.5) is 13.2 Å². The van der Waals surface area contributed by atoms with Crippen LogP contribution in [-0.4, -0.2) is 33.0 Å². The molecule has 0 N–H and O–H groups in total. The number of hydrogen-bond donors (Lipinski definition) is 0. The van der Waals surface area contributed by atoms with Gasteiger partial charge < -0.3 is 4.57 Å². The van der Waals surface area contributed by atoms with Crippen molar-refractivity contribution >= 4 is 23.6 Å². The van der Waals surface area contributed by atoms with Gasteiger partial charge in [0.25, 0.3) is 0 Å². The van der Waals surface area contributed by atoms with Crippen LogP contribution in [0.25, 0.3) is 6.08 Å². The molecule has 0 aliphatic heterocycles. The summed E-state index contributed by atoms with van der Waals surface area (Å²) in [6.07, 6.45) is -2.11. The summed E-state index contributed by atoms with van der Waals surface area (Å²) in [6, 6.07) is 0. The van der Waals surface area contributed by atoms with Gasteiger partial charge in [-0.05, 0) is 18.8 Å². The van der Waals surface area contributed by atoms with Gasteiger partial charge in [-0.15, -0.1) is 0 Å². The summed E-state index contributed by atoms with van der Waals surface area (Å²) in [5.74, 6) is 1.08. The Balaban J connectivity index is 2.97. The summed E-state index contributed by atoms with van der Waals surface area (Å²) in [5.41, 5.74) is -0.461. The second-order valence-corrected chi connectivity index (χ2v) is 5.23. The van der Waals surface area contributed by atoms with E-state index in [1.165, 1.54) is 29.6 Å². The van der Waals surface area contributed by atoms with Gasteiger partial charge in [0, 0.05) is 12.6 Å². The van der Waals surface area contributed by atoms with Crippen LogP contribution in [0.3, 0.4) is 0 Å². The van der Waals surface area contributed by atoms with Crippen LogP contribution in [-0.2, 0) is 7.05 Å². The molecular weight excluding hydrogens is 277 g/mol. The molecule has 1 aromatic rings. The first-order valence-corrected chi connectivity index (χ1v) is 6.81. The molecule has 0 saturated carbocycles. The van der Waals surface area contributed by atoms with E-state index >= 15 is 0 Å². The highest BCUT2D eigenvalue weighted by Crippen LogP contribution is 2.26. The summed E-state index contributed by atoms with van der Waals surface area (Å²) in [7, 11) is 1.53. The summed E-state index contributed by atoms with van der Waals surface area (Å²) >= 11 is 1.45. The number of thioether (sulfide) groups is 1. The second kappa shape index (κ2) is 6.27. The van der Waals surface area contributed by atoms with Gasteiger partial charge in [-0.1, -0.05) is 6.92 Å². The lowest BCUT2D eigenvalue weighted by molar-refractivity contribution is -0.0903. The molecule has 0 aliphatic rings. The number of carbonyl (C=O) groups excluding carboxylic acids is 1. The molecule has 1 aromatic heterocycles. The van der Waals surface area contributed by atoms with E-state index in [1.807, 2.05) is 6.92 Å². The maximum atomic E-state index is 12.4. The van der Waals surface area contributed by atoms with Gasteiger partial charge in [0.05, 0.1) is 17.6 Å². The van der Waals surface area contributed by atoms with Crippen molar-refractivity contribution in [3.63, 3.8) is 0 Å². The largest absolute Gasteiger partial charge is 0.412 e. The fourth-order valence-corrected chi connectivity index (χ4v) is 1.90. The number of rotatable bonds is 5. The highest BCUT2D eigenvalue weighted by molar-refractivity contribution is 7.99. The average molecular weight is 292 g/mol. The SMILES string of the molecule is CCSCC(=O)c1ncc(/C=C(\C)C(F)(F)F)n1C. The minimum absolute atomic E-state index is 0.182. The van der Waals surface area contributed by atoms with Crippen LogP contribution in [0.5, 0.6) is 0 Å². The highest BCUT2D eigenvalue weighted by atomic mass is 32.2. The number of Topliss-reactive ketones (excluding diaryl/α,β-unsaturated/α-hetero) is 1. The standard InChI is InChI=1S/C12H15F3N2OS/c1-4-19-7-10(18)11-16-6-9(17(11)3)5-8(2)12(13,14)15/h5-6H,4,7H2,1-3H3/b8-5+. The molecule has 0 amide bonds. The van der Waals surface area contributed by atoms with E-state index in [-0.39, 0.29) is 23.1 Å². The van der Waals surface area contributed by atoms with E-state index in [2.05, 4.69) is 4.98 Å². The molecule has 0 bridgehead atoms. The van der Waals surface area contributed by atoms with Gasteiger partial charge in [0.1, 0.15) is 0 Å². The van der Waals surface area contributed by atoms with E-state index < -0.39 is 11.7 Å². The molecule has 1 rings (SSSR count). The van der Waals surface area contributed by atoms with Gasteiger partial charge in [-0.3, -0.25) is 4.79 Å². The zero-order valence-corrected chi connectivity index (χ0v) is 11.7. The Morgan fingerprint density at radius 3 is 2.68 bits per heavy atom. The van der Waals surface area contributed by atoms with Crippen molar-refractivity contribution in [2.75, 3.05) is 11.5 Å². The Labute approximate surface area is 113 Å². The molecule has 19 heavy (non-hydrogen) atoms. The Kier molecular flexibility index (Phi) is 5.22. The summed E-state index contributed by atoms with van der Waals surface area (Å²) in [6.45, 7) is 2.92. The topological polar surface area (TPSA) is 34.9 Å². The van der Waals surface area contributed by atoms with Crippen molar-refractivity contribution in [2.24, 2.45) is 7.05 Å². The fraction of sp³-hybridized carbons (Fsp3) is 0.500. The molecule has 0 fully saturated rings. The monoisotopic (exact) mass is 292 g/mol. The molecule has 0 unspecified atom stereocenters. The van der Waals surface area contributed by atoms with Gasteiger partial charge in [0.15, 0.2) is 5.82 Å². The number of alkyl halides is 3. The quantitative estimate of drug-likeness (QED) is 0.781. The highest BCUT2D eigenvalue weighted by Gasteiger charge is 2.30. The Bertz CT molecular complexity index is 492. The fourth-order valence-electron chi connectivity index (χ4n) is 1.38. The van der Waals surface area contributed by atoms with Crippen molar-refractivity contribution < 1.29 is 18.0 Å². The third kappa shape index (κ3) is 4.12. The first-order chi connectivity index (χ1) is 8.77. The Hall–Kier alpha value is -1.24. The lowest BCUT2D eigenvalue weighted by Gasteiger charge is -2.07. The zero-order valence-electron chi connectivity index (χ0n) is 10.9. The number of nitrogens with zero attached hydrogens (tertiary/aromatic N) is 2. The van der Waals surface area contributed by atoms with E-state index in [0.717, 1.165) is 18.8 Å². The van der Waals surface area contributed by atoms with Crippen LogP contribution in [0.2, 0.25) is 0 Å². The molecule has 0 spiro atoms. The molecule has 0 saturated heterocycles. The minimum Gasteiger partial charge on any atom is -0.325 e. The minimum atomic E-state index is -4.37. The zero-order chi connectivity index (χ0) is 14.6. The van der Waals surface area contributed by atoms with Crippen LogP contribution < -0.4 is 0 Å². The molecule has 0 aliphatic carbocycles. The van der Waals surface area contributed by atoms with E-state index in [0.29, 0.717) is 0 Å². The number of hydrogen-bond acceptors (Lipinski definition) is 3. The summed E-state index contributed by atoms with van der Waals surface area (Å²) < 4.78 is 38.7. The first kappa shape index (κ1) is 15.8. The van der Waals surface area contributed by atoms with E-state index in [9.17, 15) is 18.0 Å². The smallest absolute Gasteiger partial charge is 0.325 e. The maximum Gasteiger partial charge on any atom is 0.412 e. The number of carbonyl (C=O) groups is 1. The van der Waals surface area contributed by atoms with E-state index in [4.69, 9.17) is 0 Å². The number of aromatic nitrogens is 2. The molecule has 7 heteroatoms. The molecule has 3 nitrogen and oxygen atoms in total. The van der Waals surface area contributed by atoms with Crippen molar-refractivity contribution in [3.8, 4) is 0 Å². The van der Waals surface area contributed by atoms with Crippen molar-refractivity contribution in [2.45, 2.75) is 20.0 Å². The molecule has 0 aromatic carbocycles. The Morgan fingerprint density at radius 2 is 2.16 bits per heavy atom. The molecule has 1 heterocycles. The number of halogens is 3. The number of allylic oxidation sites excluding steroid dienone is 1. The molecular formula is C12H15F3N2OS. The summed E-state index contributed by atoms with van der Waals surface area (Å²) in [5, 5.41) is 0. The third-order valence-electron chi connectivity index (χ3n) is 2.52. The predicted molar refractivity (Wildman–Crippen MR) is 70.2 cm³/mol. The Morgan fingerprint density at radius 1 is 1.53 bits per heavy atom. The lowest BCUT2D eigenvalue weighted by atomic mass is 10.2. The van der Waals surface area contributed by atoms with Crippen molar-refractivity contribution in [3.05, 3.63) is 23.3 Å². The van der Waals surface area contributed by atoms with Gasteiger partial charge in [0.2, 0.25) is 5.78 Å². The van der Waals surface area contributed by atoms with Gasteiger partial charge in [-0.25, -0.2) is 4.98 Å². The van der Waals surface area contributed by atoms with Gasteiger partial charge in [-0.2, -0.15) is 24.9 Å². The van der Waals surface area contributed by atoms with Crippen LogP contribution >= 0.6 is 11.8 Å². The maximum absolute atomic E-state index is 12.4. The van der Waals surface area contributed by atoms with Crippen molar-refractivity contribution in [1.82, 2.24) is 9.55 Å². The average Bonchev–Trinajstić information content (AvgIpc) is 2.67. The number of imidazole rings is 1. The predicted octanol–water partition coefficient (Wildman–Crippen LogP) is 3.32. The summed E-state index contributed by atoms with van der Waals surface area (Å²) in [4.78, 5) is 15.7. The lowest BCUT2D eigenvalue weighted by Crippen LogP contribution is -2.12. The second-order valence-electron chi connectivity index (χ2n) is 3.95. The van der Waals surface area contributed by atoms with E-state index in [1.54, 1.807) is 0 Å².